The lowest BCUT2D eigenvalue weighted by molar-refractivity contribution is -0.114. The number of aryl methyl sites for hydroxylation is 1. The normalized spacial score (nSPS) is 17.1. The fourth-order valence-corrected chi connectivity index (χ4v) is 4.71. The number of aliphatic imine (C=N–C) groups is 1. The molecule has 1 amide bonds. The molecule has 0 saturated heterocycles. The Morgan fingerprint density at radius 3 is 2.55 bits per heavy atom. The van der Waals surface area contributed by atoms with Crippen molar-refractivity contribution in [3.05, 3.63) is 64.7 Å². The lowest BCUT2D eigenvalue weighted by atomic mass is 10.1. The predicted molar refractivity (Wildman–Crippen MR) is 128 cm³/mol. The summed E-state index contributed by atoms with van der Waals surface area (Å²) in [5, 5.41) is 13.4. The molecule has 0 unspecified atom stereocenters. The van der Waals surface area contributed by atoms with Gasteiger partial charge in [-0.05, 0) is 48.0 Å². The van der Waals surface area contributed by atoms with Crippen molar-refractivity contribution in [2.24, 2.45) is 10.1 Å². The van der Waals surface area contributed by atoms with E-state index in [2.05, 4.69) is 10.1 Å². The first-order chi connectivity index (χ1) is 15.7. The number of nitrogens with one attached hydrogen (secondary N) is 1. The van der Waals surface area contributed by atoms with Crippen LogP contribution in [0.2, 0.25) is 0 Å². The highest BCUT2D eigenvalue weighted by Gasteiger charge is 2.38. The number of methoxy groups -OCH3 is 1. The second-order valence-electron chi connectivity index (χ2n) is 7.34. The van der Waals surface area contributed by atoms with E-state index in [4.69, 9.17) is 14.9 Å². The molecule has 0 atom stereocenters. The summed E-state index contributed by atoms with van der Waals surface area (Å²) in [7, 11) is -2.07. The van der Waals surface area contributed by atoms with Crippen LogP contribution in [0.25, 0.3) is 6.08 Å². The monoisotopic (exact) mass is 484 g/mol. The number of rotatable bonds is 5. The van der Waals surface area contributed by atoms with Gasteiger partial charge in [0.2, 0.25) is 19.4 Å². The lowest BCUT2D eigenvalue weighted by Gasteiger charge is -2.20. The molecular weight excluding hydrogens is 464 g/mol. The van der Waals surface area contributed by atoms with Gasteiger partial charge in [-0.25, -0.2) is 8.42 Å². The van der Waals surface area contributed by atoms with Gasteiger partial charge < -0.3 is 9.47 Å². The Bertz CT molecular complexity index is 1350. The van der Waals surface area contributed by atoms with Gasteiger partial charge >= 0.3 is 0 Å². The molecule has 170 valence electrons. The Kier molecular flexibility index (Phi) is 6.09. The SMILES string of the molecule is COc1cc(/C=C2\C(=N)N3N=C(S(C)(=O)=O)SC3=NC2=O)ccc1OCc1ccc(C)cc1. The lowest BCUT2D eigenvalue weighted by Crippen LogP contribution is -2.35. The topological polar surface area (TPSA) is 121 Å². The van der Waals surface area contributed by atoms with Crippen LogP contribution in [0.1, 0.15) is 16.7 Å². The number of thioether (sulfide) groups is 1. The molecule has 0 saturated carbocycles. The fraction of sp³-hybridized carbons (Fsp3) is 0.182. The molecule has 2 aromatic rings. The first-order valence-electron chi connectivity index (χ1n) is 9.72. The van der Waals surface area contributed by atoms with E-state index in [0.29, 0.717) is 23.7 Å². The summed E-state index contributed by atoms with van der Waals surface area (Å²) in [6.07, 6.45) is 2.49. The van der Waals surface area contributed by atoms with Crippen molar-refractivity contribution in [3.63, 3.8) is 0 Å². The van der Waals surface area contributed by atoms with Crippen molar-refractivity contribution >= 4 is 49.0 Å². The number of ether oxygens (including phenoxy) is 2. The van der Waals surface area contributed by atoms with Crippen LogP contribution in [0.4, 0.5) is 0 Å². The van der Waals surface area contributed by atoms with Crippen molar-refractivity contribution in [2.45, 2.75) is 13.5 Å². The summed E-state index contributed by atoms with van der Waals surface area (Å²) in [4.78, 5) is 16.4. The van der Waals surface area contributed by atoms with Crippen LogP contribution in [-0.2, 0) is 21.2 Å². The molecule has 0 aromatic heterocycles. The third-order valence-corrected chi connectivity index (χ3v) is 7.34. The van der Waals surface area contributed by atoms with Gasteiger partial charge in [0.05, 0.1) is 12.7 Å². The standard InChI is InChI=1S/C22H20N4O5S2/c1-13-4-6-14(7-5-13)12-31-17-9-8-15(11-18(17)30-2)10-16-19(23)26-21(24-20(16)27)32-22(25-26)33(3,28)29/h4-11,23H,12H2,1-3H3/b16-10+,23-19?. The van der Waals surface area contributed by atoms with Crippen LogP contribution in [0.15, 0.2) is 58.1 Å². The average molecular weight is 485 g/mol. The van der Waals surface area contributed by atoms with E-state index in [9.17, 15) is 13.2 Å². The zero-order valence-corrected chi connectivity index (χ0v) is 19.7. The second kappa shape index (κ2) is 8.83. The molecule has 2 aromatic carbocycles. The zero-order chi connectivity index (χ0) is 23.8. The quantitative estimate of drug-likeness (QED) is 0.647. The minimum atomic E-state index is -3.59. The number of fused-ring (bicyclic) bond motifs is 1. The highest BCUT2D eigenvalue weighted by atomic mass is 32.3. The number of sulfone groups is 1. The largest absolute Gasteiger partial charge is 0.493 e. The molecule has 2 aliphatic heterocycles. The number of hydrogen-bond acceptors (Lipinski definition) is 8. The number of nitrogens with zero attached hydrogens (tertiary/aromatic N) is 3. The summed E-state index contributed by atoms with van der Waals surface area (Å²) in [6.45, 7) is 2.38. The maximum Gasteiger partial charge on any atom is 0.283 e. The fourth-order valence-electron chi connectivity index (χ4n) is 3.03. The minimum absolute atomic E-state index is 0.0202. The maximum absolute atomic E-state index is 12.5. The number of carbonyl (C=O) groups is 1. The van der Waals surface area contributed by atoms with Gasteiger partial charge in [-0.2, -0.15) is 10.0 Å². The van der Waals surface area contributed by atoms with Crippen LogP contribution in [0, 0.1) is 12.3 Å². The Balaban J connectivity index is 1.57. The van der Waals surface area contributed by atoms with Gasteiger partial charge in [0.15, 0.2) is 17.3 Å². The molecule has 0 bridgehead atoms. The summed E-state index contributed by atoms with van der Waals surface area (Å²) >= 11 is 0.742. The van der Waals surface area contributed by atoms with Crippen LogP contribution in [-0.4, -0.2) is 48.1 Å². The van der Waals surface area contributed by atoms with Gasteiger partial charge in [0, 0.05) is 6.26 Å². The number of carbonyl (C=O) groups excluding carboxylic acids is 1. The van der Waals surface area contributed by atoms with Crippen LogP contribution >= 0.6 is 11.8 Å². The summed E-state index contributed by atoms with van der Waals surface area (Å²) in [6, 6.07) is 13.1. The second-order valence-corrected chi connectivity index (χ2v) is 10.5. The van der Waals surface area contributed by atoms with Gasteiger partial charge in [0.25, 0.3) is 5.91 Å². The first-order valence-corrected chi connectivity index (χ1v) is 12.4. The molecule has 0 aliphatic carbocycles. The van der Waals surface area contributed by atoms with E-state index in [0.717, 1.165) is 28.6 Å². The number of amides is 1. The predicted octanol–water partition coefficient (Wildman–Crippen LogP) is 3.20. The summed E-state index contributed by atoms with van der Waals surface area (Å²) < 4.78 is 34.6. The Labute approximate surface area is 195 Å². The number of hydrazone groups is 1. The Hall–Kier alpha value is -3.44. The first kappa shape index (κ1) is 22.7. The average Bonchev–Trinajstić information content (AvgIpc) is 3.21. The highest BCUT2D eigenvalue weighted by Crippen LogP contribution is 2.32. The Morgan fingerprint density at radius 2 is 1.88 bits per heavy atom. The zero-order valence-electron chi connectivity index (χ0n) is 18.0. The van der Waals surface area contributed by atoms with Crippen molar-refractivity contribution in [1.82, 2.24) is 5.01 Å². The molecule has 9 nitrogen and oxygen atoms in total. The van der Waals surface area contributed by atoms with Crippen molar-refractivity contribution in [2.75, 3.05) is 13.4 Å². The molecule has 0 spiro atoms. The molecule has 1 N–H and O–H groups in total. The van der Waals surface area contributed by atoms with Crippen LogP contribution in [0.3, 0.4) is 0 Å². The van der Waals surface area contributed by atoms with Gasteiger partial charge in [-0.1, -0.05) is 35.9 Å². The number of benzene rings is 2. The third kappa shape index (κ3) is 4.83. The van der Waals surface area contributed by atoms with Crippen molar-refractivity contribution in [1.29, 1.82) is 5.41 Å². The van der Waals surface area contributed by atoms with E-state index < -0.39 is 15.7 Å². The van der Waals surface area contributed by atoms with E-state index in [1.165, 1.54) is 18.7 Å². The summed E-state index contributed by atoms with van der Waals surface area (Å²) in [5.74, 6) is 0.0886. The maximum atomic E-state index is 12.5. The molecule has 4 rings (SSSR count). The van der Waals surface area contributed by atoms with Crippen molar-refractivity contribution in [3.8, 4) is 11.5 Å². The molecular formula is C22H20N4O5S2. The summed E-state index contributed by atoms with van der Waals surface area (Å²) in [5.41, 5.74) is 2.74. The van der Waals surface area contributed by atoms with Crippen molar-refractivity contribution < 1.29 is 22.7 Å². The van der Waals surface area contributed by atoms with Gasteiger partial charge in [0.1, 0.15) is 6.61 Å². The molecule has 0 radical (unpaired) electrons. The van der Waals surface area contributed by atoms with E-state index in [1.54, 1.807) is 18.2 Å². The molecule has 33 heavy (non-hydrogen) atoms. The molecule has 2 aliphatic rings. The smallest absolute Gasteiger partial charge is 0.283 e. The number of amidine groups is 2. The molecule has 11 heteroatoms. The minimum Gasteiger partial charge on any atom is -0.493 e. The van der Waals surface area contributed by atoms with Gasteiger partial charge in [-0.15, -0.1) is 5.10 Å². The number of hydrogen-bond donors (Lipinski definition) is 1. The van der Waals surface area contributed by atoms with E-state index in [1.807, 2.05) is 31.2 Å². The van der Waals surface area contributed by atoms with E-state index >= 15 is 0 Å². The van der Waals surface area contributed by atoms with Crippen LogP contribution < -0.4 is 9.47 Å². The molecule has 2 heterocycles. The van der Waals surface area contributed by atoms with Gasteiger partial charge in [-0.3, -0.25) is 10.2 Å². The van der Waals surface area contributed by atoms with Crippen LogP contribution in [0.5, 0.6) is 11.5 Å². The highest BCUT2D eigenvalue weighted by molar-refractivity contribution is 8.42. The molecule has 0 fully saturated rings. The Morgan fingerprint density at radius 1 is 1.15 bits per heavy atom. The third-order valence-electron chi connectivity index (χ3n) is 4.77. The van der Waals surface area contributed by atoms with E-state index in [-0.39, 0.29) is 21.0 Å².